The summed E-state index contributed by atoms with van der Waals surface area (Å²) in [7, 11) is 0. The maximum absolute atomic E-state index is 12.9. The first-order valence-electron chi connectivity index (χ1n) is 35.4. The van der Waals surface area contributed by atoms with Gasteiger partial charge >= 0.3 is 17.9 Å². The highest BCUT2D eigenvalue weighted by Gasteiger charge is 2.19. The minimum Gasteiger partial charge on any atom is -0.462 e. The topological polar surface area (TPSA) is 78.9 Å². The van der Waals surface area contributed by atoms with Crippen molar-refractivity contribution in [1.29, 1.82) is 0 Å². The van der Waals surface area contributed by atoms with Gasteiger partial charge in [0.05, 0.1) is 0 Å². The third kappa shape index (κ3) is 67.5. The van der Waals surface area contributed by atoms with Crippen molar-refractivity contribution in [1.82, 2.24) is 0 Å². The average molecular weight is 1130 g/mol. The molecule has 0 aliphatic rings. The predicted molar refractivity (Wildman–Crippen MR) is 353 cm³/mol. The summed E-state index contributed by atoms with van der Waals surface area (Å²) in [6.07, 6.45) is 90.8. The van der Waals surface area contributed by atoms with Crippen molar-refractivity contribution in [3.8, 4) is 0 Å². The van der Waals surface area contributed by atoms with E-state index in [4.69, 9.17) is 14.2 Å². The Balaban J connectivity index is 4.09. The number of hydrogen-bond acceptors (Lipinski definition) is 6. The molecule has 0 amide bonds. The van der Waals surface area contributed by atoms with E-state index < -0.39 is 6.10 Å². The Morgan fingerprint density at radius 3 is 0.765 bits per heavy atom. The smallest absolute Gasteiger partial charge is 0.306 e. The van der Waals surface area contributed by atoms with E-state index in [1.54, 1.807) is 0 Å². The summed E-state index contributed by atoms with van der Waals surface area (Å²) < 4.78 is 17.0. The number of hydrogen-bond donors (Lipinski definition) is 0. The number of carbonyl (C=O) groups excluding carboxylic acids is 3. The van der Waals surface area contributed by atoms with Crippen LogP contribution in [-0.4, -0.2) is 37.2 Å². The second-order valence-electron chi connectivity index (χ2n) is 23.8. The van der Waals surface area contributed by atoms with Gasteiger partial charge in [0.2, 0.25) is 0 Å². The van der Waals surface area contributed by atoms with Crippen LogP contribution in [0.15, 0.2) is 72.9 Å². The zero-order valence-electron chi connectivity index (χ0n) is 54.1. The Labute approximate surface area is 503 Å². The van der Waals surface area contributed by atoms with Gasteiger partial charge in [-0.2, -0.15) is 0 Å². The van der Waals surface area contributed by atoms with Gasteiger partial charge in [0, 0.05) is 19.3 Å². The molecule has 81 heavy (non-hydrogen) atoms. The normalized spacial score (nSPS) is 12.5. The lowest BCUT2D eigenvalue weighted by Crippen LogP contribution is -2.30. The lowest BCUT2D eigenvalue weighted by Gasteiger charge is -2.18. The quantitative estimate of drug-likeness (QED) is 0.0261. The highest BCUT2D eigenvalue weighted by Crippen LogP contribution is 2.18. The molecule has 0 saturated heterocycles. The van der Waals surface area contributed by atoms with Crippen LogP contribution in [0.4, 0.5) is 0 Å². The van der Waals surface area contributed by atoms with Crippen molar-refractivity contribution in [2.45, 2.75) is 374 Å². The first-order chi connectivity index (χ1) is 40.0. The molecule has 1 atom stereocenters. The number of rotatable bonds is 65. The molecule has 0 bridgehead atoms. The van der Waals surface area contributed by atoms with E-state index in [0.717, 1.165) is 96.3 Å². The molecular weight excluding hydrogens is 997 g/mol. The summed E-state index contributed by atoms with van der Waals surface area (Å²) in [6, 6.07) is 0. The summed E-state index contributed by atoms with van der Waals surface area (Å²) in [4.78, 5) is 38.3. The Morgan fingerprint density at radius 1 is 0.259 bits per heavy atom. The number of esters is 3. The molecule has 0 fully saturated rings. The highest BCUT2D eigenvalue weighted by atomic mass is 16.6. The molecule has 0 aromatic heterocycles. The zero-order chi connectivity index (χ0) is 58.5. The fourth-order valence-electron chi connectivity index (χ4n) is 10.4. The van der Waals surface area contributed by atoms with Gasteiger partial charge in [-0.15, -0.1) is 0 Å². The number of unbranched alkanes of at least 4 members (excludes halogenated alkanes) is 42. The number of carbonyl (C=O) groups is 3. The van der Waals surface area contributed by atoms with E-state index in [9.17, 15) is 14.4 Å². The van der Waals surface area contributed by atoms with Crippen LogP contribution in [-0.2, 0) is 28.6 Å². The minimum atomic E-state index is -0.775. The first-order valence-corrected chi connectivity index (χ1v) is 35.4. The molecule has 1 unspecified atom stereocenters. The van der Waals surface area contributed by atoms with Gasteiger partial charge in [0.1, 0.15) is 13.2 Å². The Bertz CT molecular complexity index is 1490. The molecule has 0 aromatic rings. The van der Waals surface area contributed by atoms with E-state index in [1.165, 1.54) is 231 Å². The van der Waals surface area contributed by atoms with Crippen molar-refractivity contribution in [2.75, 3.05) is 13.2 Å². The third-order valence-corrected chi connectivity index (χ3v) is 15.7. The molecule has 0 spiro atoms. The molecule has 470 valence electrons. The van der Waals surface area contributed by atoms with Crippen LogP contribution >= 0.6 is 0 Å². The van der Waals surface area contributed by atoms with Crippen molar-refractivity contribution in [3.63, 3.8) is 0 Å². The maximum atomic E-state index is 12.9. The van der Waals surface area contributed by atoms with Gasteiger partial charge in [-0.25, -0.2) is 0 Å². The predicted octanol–water partition coefficient (Wildman–Crippen LogP) is 24.4. The van der Waals surface area contributed by atoms with E-state index in [1.807, 2.05) is 0 Å². The first kappa shape index (κ1) is 77.9. The molecule has 0 heterocycles. The van der Waals surface area contributed by atoms with Crippen LogP contribution in [0.1, 0.15) is 367 Å². The Hall–Kier alpha value is -3.15. The zero-order valence-corrected chi connectivity index (χ0v) is 54.1. The van der Waals surface area contributed by atoms with Gasteiger partial charge in [0.25, 0.3) is 0 Å². The van der Waals surface area contributed by atoms with Gasteiger partial charge in [-0.3, -0.25) is 14.4 Å². The van der Waals surface area contributed by atoms with E-state index in [0.29, 0.717) is 19.3 Å². The lowest BCUT2D eigenvalue weighted by atomic mass is 10.0. The third-order valence-electron chi connectivity index (χ3n) is 15.7. The Morgan fingerprint density at radius 2 is 0.481 bits per heavy atom. The summed E-state index contributed by atoms with van der Waals surface area (Å²) in [5, 5.41) is 0. The maximum Gasteiger partial charge on any atom is 0.306 e. The van der Waals surface area contributed by atoms with E-state index in [2.05, 4.69) is 93.7 Å². The summed E-state index contributed by atoms with van der Waals surface area (Å²) >= 11 is 0. The SMILES string of the molecule is CC/C=C\C/C=C\C/C=C\C/C=C\C/C=C\CCCCCCCCCCCCCCCCCCCCCC(=O)OCC(COC(=O)CCCCCCCCCCCCCCC)OC(=O)CCCCCCC/C=C\CCCCCCCC. The molecule has 0 N–H and O–H groups in total. The second kappa shape index (κ2) is 69.3. The average Bonchev–Trinajstić information content (AvgIpc) is 3.46. The molecule has 0 aromatic carbocycles. The van der Waals surface area contributed by atoms with E-state index in [-0.39, 0.29) is 31.1 Å². The van der Waals surface area contributed by atoms with Crippen molar-refractivity contribution in [3.05, 3.63) is 72.9 Å². The lowest BCUT2D eigenvalue weighted by molar-refractivity contribution is -0.167. The van der Waals surface area contributed by atoms with Crippen molar-refractivity contribution < 1.29 is 28.6 Å². The van der Waals surface area contributed by atoms with Gasteiger partial charge in [-0.05, 0) is 89.9 Å². The number of allylic oxidation sites excluding steroid dienone is 12. The fraction of sp³-hybridized carbons (Fsp3) is 0.800. The molecule has 6 nitrogen and oxygen atoms in total. The van der Waals surface area contributed by atoms with E-state index >= 15 is 0 Å². The molecular formula is C75H134O6. The molecule has 6 heteroatoms. The number of ether oxygens (including phenoxy) is 3. The molecule has 0 saturated carbocycles. The largest absolute Gasteiger partial charge is 0.462 e. The molecule has 0 aliphatic heterocycles. The second-order valence-corrected chi connectivity index (χ2v) is 23.8. The van der Waals surface area contributed by atoms with Crippen LogP contribution < -0.4 is 0 Å². The van der Waals surface area contributed by atoms with Gasteiger partial charge in [0.15, 0.2) is 6.10 Å². The summed E-state index contributed by atoms with van der Waals surface area (Å²) in [5.41, 5.74) is 0. The summed E-state index contributed by atoms with van der Waals surface area (Å²) in [6.45, 7) is 6.56. The highest BCUT2D eigenvalue weighted by molar-refractivity contribution is 5.71. The van der Waals surface area contributed by atoms with Gasteiger partial charge < -0.3 is 14.2 Å². The van der Waals surface area contributed by atoms with Crippen LogP contribution in [0.5, 0.6) is 0 Å². The molecule has 0 radical (unpaired) electrons. The fourth-order valence-corrected chi connectivity index (χ4v) is 10.4. The van der Waals surface area contributed by atoms with Crippen LogP contribution in [0.2, 0.25) is 0 Å². The Kier molecular flexibility index (Phi) is 66.6. The summed E-state index contributed by atoms with van der Waals surface area (Å²) in [5.74, 6) is -0.857. The standard InChI is InChI=1S/C75H134O6/c1-4-7-10-13-16-19-22-25-27-28-29-30-31-32-33-34-35-36-37-38-39-40-41-42-43-44-45-46-48-50-53-56-59-62-65-68-74(77)80-71-72(70-79-73(76)67-64-61-58-55-52-49-24-21-18-15-12-9-6-3)81-75(78)69-66-63-60-57-54-51-47-26-23-20-17-14-11-8-5-2/h7,10,16,19,25-27,29-30,32-33,47,72H,4-6,8-9,11-15,17-18,20-24,28,31,34-46,48-71H2,1-3H3/b10-7-,19-16-,27-25-,30-29-,33-32-,47-26-. The van der Waals surface area contributed by atoms with Gasteiger partial charge in [-0.1, -0.05) is 331 Å². The molecule has 0 rings (SSSR count). The molecule has 0 aliphatic carbocycles. The van der Waals surface area contributed by atoms with Crippen LogP contribution in [0, 0.1) is 0 Å². The van der Waals surface area contributed by atoms with Crippen LogP contribution in [0.3, 0.4) is 0 Å². The van der Waals surface area contributed by atoms with Crippen molar-refractivity contribution >= 4 is 17.9 Å². The monoisotopic (exact) mass is 1130 g/mol. The van der Waals surface area contributed by atoms with Crippen LogP contribution in [0.25, 0.3) is 0 Å². The van der Waals surface area contributed by atoms with Crippen molar-refractivity contribution in [2.24, 2.45) is 0 Å². The minimum absolute atomic E-state index is 0.0718.